The number of aromatic nitrogens is 2. The van der Waals surface area contributed by atoms with Crippen LogP contribution in [0.2, 0.25) is 5.02 Å². The van der Waals surface area contributed by atoms with Gasteiger partial charge in [-0.05, 0) is 13.3 Å². The summed E-state index contributed by atoms with van der Waals surface area (Å²) in [5, 5.41) is 4.65. The normalized spacial score (nSPS) is 10.4. The molecule has 1 rings (SSSR count). The number of aryl methyl sites for hydroxylation is 2. The van der Waals surface area contributed by atoms with Crippen molar-refractivity contribution in [2.45, 2.75) is 33.2 Å². The van der Waals surface area contributed by atoms with Gasteiger partial charge in [-0.2, -0.15) is 5.10 Å². The fourth-order valence-electron chi connectivity index (χ4n) is 1.17. The van der Waals surface area contributed by atoms with Gasteiger partial charge in [0.25, 0.3) is 0 Å². The Balaban J connectivity index is 2.92. The van der Waals surface area contributed by atoms with Crippen LogP contribution in [0.5, 0.6) is 0 Å². The van der Waals surface area contributed by atoms with Gasteiger partial charge in [-0.1, -0.05) is 24.9 Å². The Morgan fingerprint density at radius 1 is 1.62 bits per heavy atom. The highest BCUT2D eigenvalue weighted by Crippen LogP contribution is 2.18. The summed E-state index contributed by atoms with van der Waals surface area (Å²) in [7, 11) is 0. The third-order valence-electron chi connectivity index (χ3n) is 1.93. The molecule has 0 spiro atoms. The first-order valence-electron chi connectivity index (χ1n) is 4.38. The number of rotatable bonds is 4. The van der Waals surface area contributed by atoms with E-state index in [-0.39, 0.29) is 0 Å². The Kier molecular flexibility index (Phi) is 3.48. The smallest absolute Gasteiger partial charge is 0.169 e. The van der Waals surface area contributed by atoms with Crippen LogP contribution in [-0.4, -0.2) is 16.1 Å². The minimum Gasteiger partial charge on any atom is -0.296 e. The third-order valence-corrected chi connectivity index (χ3v) is 2.39. The van der Waals surface area contributed by atoms with E-state index in [0.717, 1.165) is 31.4 Å². The Morgan fingerprint density at radius 2 is 2.31 bits per heavy atom. The average molecular weight is 201 g/mol. The molecule has 3 nitrogen and oxygen atoms in total. The van der Waals surface area contributed by atoms with Gasteiger partial charge in [-0.15, -0.1) is 0 Å². The lowest BCUT2D eigenvalue weighted by molar-refractivity contribution is 0.111. The van der Waals surface area contributed by atoms with E-state index in [1.54, 1.807) is 11.6 Å². The molecule has 1 heterocycles. The molecule has 0 saturated carbocycles. The second-order valence-corrected chi connectivity index (χ2v) is 3.36. The zero-order valence-electron chi connectivity index (χ0n) is 7.88. The van der Waals surface area contributed by atoms with E-state index >= 15 is 0 Å². The summed E-state index contributed by atoms with van der Waals surface area (Å²) in [6.07, 6.45) is 2.85. The molecule has 0 aliphatic heterocycles. The van der Waals surface area contributed by atoms with Crippen molar-refractivity contribution in [2.24, 2.45) is 0 Å². The molecule has 72 valence electrons. The number of halogens is 1. The Hall–Kier alpha value is -0.830. The molecule has 0 aliphatic rings. The van der Waals surface area contributed by atoms with E-state index in [0.29, 0.717) is 10.7 Å². The number of hydrogen-bond acceptors (Lipinski definition) is 2. The molecule has 0 radical (unpaired) electrons. The zero-order valence-corrected chi connectivity index (χ0v) is 8.64. The van der Waals surface area contributed by atoms with Gasteiger partial charge < -0.3 is 0 Å². The van der Waals surface area contributed by atoms with E-state index in [4.69, 9.17) is 11.6 Å². The fourth-order valence-corrected chi connectivity index (χ4v) is 1.35. The lowest BCUT2D eigenvalue weighted by Gasteiger charge is -2.00. The van der Waals surface area contributed by atoms with Gasteiger partial charge in [-0.25, -0.2) is 0 Å². The summed E-state index contributed by atoms with van der Waals surface area (Å²) in [5.41, 5.74) is 1.22. The predicted molar refractivity (Wildman–Crippen MR) is 52.3 cm³/mol. The van der Waals surface area contributed by atoms with Crippen LogP contribution in [0.25, 0.3) is 0 Å². The number of carbonyl (C=O) groups excluding carboxylic acids is 1. The molecule has 0 fully saturated rings. The summed E-state index contributed by atoms with van der Waals surface area (Å²) < 4.78 is 1.67. The second kappa shape index (κ2) is 4.42. The third kappa shape index (κ3) is 2.10. The highest BCUT2D eigenvalue weighted by Gasteiger charge is 2.11. The average Bonchev–Trinajstić information content (AvgIpc) is 2.39. The molecule has 4 heteroatoms. The van der Waals surface area contributed by atoms with Crippen LogP contribution in [-0.2, 0) is 6.54 Å². The molecule has 0 atom stereocenters. The topological polar surface area (TPSA) is 34.9 Å². The van der Waals surface area contributed by atoms with Crippen molar-refractivity contribution in [1.29, 1.82) is 0 Å². The first kappa shape index (κ1) is 10.3. The quantitative estimate of drug-likeness (QED) is 0.700. The Morgan fingerprint density at radius 3 is 2.85 bits per heavy atom. The van der Waals surface area contributed by atoms with Crippen molar-refractivity contribution < 1.29 is 4.79 Å². The molecule has 0 unspecified atom stereocenters. The number of carbonyl (C=O) groups is 1. The van der Waals surface area contributed by atoms with Crippen molar-refractivity contribution in [3.63, 3.8) is 0 Å². The van der Waals surface area contributed by atoms with Crippen molar-refractivity contribution >= 4 is 17.9 Å². The van der Waals surface area contributed by atoms with Gasteiger partial charge in [-0.3, -0.25) is 9.48 Å². The van der Waals surface area contributed by atoms with Crippen LogP contribution in [0.15, 0.2) is 0 Å². The lowest BCUT2D eigenvalue weighted by Crippen LogP contribution is -2.04. The van der Waals surface area contributed by atoms with Crippen LogP contribution in [0.3, 0.4) is 0 Å². The molecule has 0 saturated heterocycles. The second-order valence-electron chi connectivity index (χ2n) is 2.98. The van der Waals surface area contributed by atoms with Gasteiger partial charge in [0.15, 0.2) is 6.29 Å². The number of nitrogens with zero attached hydrogens (tertiary/aromatic N) is 2. The lowest BCUT2D eigenvalue weighted by atomic mass is 10.3. The molecular weight excluding hydrogens is 188 g/mol. The van der Waals surface area contributed by atoms with Crippen LogP contribution in [0, 0.1) is 6.92 Å². The van der Waals surface area contributed by atoms with Crippen molar-refractivity contribution in [1.82, 2.24) is 9.78 Å². The van der Waals surface area contributed by atoms with E-state index < -0.39 is 0 Å². The van der Waals surface area contributed by atoms with E-state index in [9.17, 15) is 4.79 Å². The van der Waals surface area contributed by atoms with Crippen LogP contribution < -0.4 is 0 Å². The summed E-state index contributed by atoms with van der Waals surface area (Å²) in [6.45, 7) is 4.66. The number of aldehydes is 1. The molecule has 0 amide bonds. The van der Waals surface area contributed by atoms with Gasteiger partial charge >= 0.3 is 0 Å². The van der Waals surface area contributed by atoms with Gasteiger partial charge in [0, 0.05) is 6.54 Å². The van der Waals surface area contributed by atoms with E-state index in [1.807, 2.05) is 0 Å². The van der Waals surface area contributed by atoms with Gasteiger partial charge in [0.2, 0.25) is 0 Å². The first-order chi connectivity index (χ1) is 6.20. The molecule has 0 bridgehead atoms. The van der Waals surface area contributed by atoms with Crippen LogP contribution in [0.1, 0.15) is 35.9 Å². The number of hydrogen-bond donors (Lipinski definition) is 0. The largest absolute Gasteiger partial charge is 0.296 e. The SMILES string of the molecule is CCCCn1nc(C)c(Cl)c1C=O. The summed E-state index contributed by atoms with van der Waals surface area (Å²) in [4.78, 5) is 10.7. The molecule has 1 aromatic heterocycles. The summed E-state index contributed by atoms with van der Waals surface area (Å²) >= 11 is 5.88. The van der Waals surface area contributed by atoms with Crippen LogP contribution in [0.4, 0.5) is 0 Å². The summed E-state index contributed by atoms with van der Waals surface area (Å²) in [6, 6.07) is 0. The molecule has 0 aromatic carbocycles. The van der Waals surface area contributed by atoms with Crippen molar-refractivity contribution in [3.05, 3.63) is 16.4 Å². The monoisotopic (exact) mass is 200 g/mol. The first-order valence-corrected chi connectivity index (χ1v) is 4.76. The maximum absolute atomic E-state index is 10.7. The van der Waals surface area contributed by atoms with E-state index in [2.05, 4.69) is 12.0 Å². The van der Waals surface area contributed by atoms with Gasteiger partial charge in [0.05, 0.1) is 10.7 Å². The molecule has 13 heavy (non-hydrogen) atoms. The summed E-state index contributed by atoms with van der Waals surface area (Å²) in [5.74, 6) is 0. The van der Waals surface area contributed by atoms with Crippen LogP contribution >= 0.6 is 11.6 Å². The van der Waals surface area contributed by atoms with Gasteiger partial charge in [0.1, 0.15) is 5.69 Å². The van der Waals surface area contributed by atoms with E-state index in [1.165, 1.54) is 0 Å². The van der Waals surface area contributed by atoms with Crippen molar-refractivity contribution in [3.8, 4) is 0 Å². The molecular formula is C9H13ClN2O. The standard InChI is InChI=1S/C9H13ClN2O/c1-3-4-5-12-8(6-13)9(10)7(2)11-12/h6H,3-5H2,1-2H3. The molecule has 1 aromatic rings. The highest BCUT2D eigenvalue weighted by atomic mass is 35.5. The predicted octanol–water partition coefficient (Wildman–Crippen LogP) is 2.46. The van der Waals surface area contributed by atoms with Crippen molar-refractivity contribution in [2.75, 3.05) is 0 Å². The molecule has 0 aliphatic carbocycles. The fraction of sp³-hybridized carbons (Fsp3) is 0.556. The maximum atomic E-state index is 10.7. The Labute approximate surface area is 82.7 Å². The number of unbranched alkanes of at least 4 members (excludes halogenated alkanes) is 1. The minimum atomic E-state index is 0.478. The molecule has 0 N–H and O–H groups in total. The minimum absolute atomic E-state index is 0.478. The zero-order chi connectivity index (χ0) is 9.84. The maximum Gasteiger partial charge on any atom is 0.169 e. The Bertz CT molecular complexity index is 307. The highest BCUT2D eigenvalue weighted by molar-refractivity contribution is 6.33.